The van der Waals surface area contributed by atoms with Gasteiger partial charge in [-0.05, 0) is 92.2 Å². The second-order valence-electron chi connectivity index (χ2n) is 22.0. The van der Waals surface area contributed by atoms with E-state index >= 15 is 0 Å². The minimum atomic E-state index is 0. The van der Waals surface area contributed by atoms with Crippen molar-refractivity contribution in [1.29, 1.82) is 0 Å². The predicted molar refractivity (Wildman–Crippen MR) is 378 cm³/mol. The van der Waals surface area contributed by atoms with Crippen LogP contribution in [0.25, 0.3) is 112 Å². The maximum absolute atomic E-state index is 4.72. The first-order valence-electron chi connectivity index (χ1n) is 30.9. The van der Waals surface area contributed by atoms with Crippen molar-refractivity contribution < 1.29 is 84.3 Å². The molecule has 16 aromatic rings. The van der Waals surface area contributed by atoms with Crippen LogP contribution in [0.4, 0.5) is 0 Å². The Hall–Kier alpha value is -9.91. The summed E-state index contributed by atoms with van der Waals surface area (Å²) in [6.07, 6.45) is 7.61. The van der Waals surface area contributed by atoms with Crippen LogP contribution in [0, 0.1) is 38.1 Å². The van der Waals surface area contributed by atoms with Gasteiger partial charge in [0.25, 0.3) is 0 Å². The first-order chi connectivity index (χ1) is 46.4. The second-order valence-corrected chi connectivity index (χ2v) is 22.0. The average Bonchev–Trinajstić information content (AvgIpc) is 1.65. The van der Waals surface area contributed by atoms with Crippen LogP contribution < -0.4 is 0 Å². The van der Waals surface area contributed by atoms with E-state index in [2.05, 4.69) is 234 Å². The third kappa shape index (κ3) is 18.2. The number of hydrogen-bond donors (Lipinski definition) is 0. The molecule has 16 rings (SSSR count). The third-order valence-electron chi connectivity index (χ3n) is 15.7. The molecular formula is C84H62N10Pt4+4. The molecule has 0 aliphatic rings. The Balaban J connectivity index is 0.000000151. The summed E-state index contributed by atoms with van der Waals surface area (Å²) in [6, 6.07) is 119. The van der Waals surface area contributed by atoms with Gasteiger partial charge < -0.3 is 0 Å². The van der Waals surface area contributed by atoms with Crippen molar-refractivity contribution in [2.45, 2.75) is 13.8 Å². The molecule has 0 radical (unpaired) electrons. The Bertz CT molecular complexity index is 4590. The van der Waals surface area contributed by atoms with Crippen molar-refractivity contribution in [3.63, 3.8) is 0 Å². The van der Waals surface area contributed by atoms with Gasteiger partial charge in [0.2, 0.25) is 0 Å². The third-order valence-corrected chi connectivity index (χ3v) is 15.7. The fraction of sp³-hybridized carbons (Fsp3) is 0.0238. The number of rotatable bonds is 12. The number of para-hydroxylation sites is 4. The molecule has 0 fully saturated rings. The van der Waals surface area contributed by atoms with Crippen LogP contribution in [-0.4, -0.2) is 49.5 Å². The predicted octanol–water partition coefficient (Wildman–Crippen LogP) is 19.4. The zero-order valence-electron chi connectivity index (χ0n) is 53.1. The molecule has 0 atom stereocenters. The van der Waals surface area contributed by atoms with E-state index < -0.39 is 0 Å². The molecule has 0 amide bonds. The standard InChI is InChI=1S/C23H19N2.C21H15N2.2C20H14N3.4Pt/c1-17-23(18(2)25(24-17)22-11-7-4-8-12-22)21-15-13-20(14-16-21)19-9-5-3-6-10-19;1-3-7-17(8-4-1)18-11-13-19(14-12-18)20-15-22-23(16-20)21-9-5-2-6-10-21;1-3-7-16(8-4-1)17-11-13-18(14-12-17)20-15-23(22-21-20)19-9-5-2-6-10-19;1-3-7-16(8-4-1)17-11-13-18(14-12-17)20-15-21-23(22-20)19-9-5-2-6-10-19;;;;/h3-11,13-16H,1-2H3;1-9,11-16H;2*1-9,11-15H;;;;/q4*-1;4*+2. The van der Waals surface area contributed by atoms with Gasteiger partial charge in [-0.2, -0.15) is 122 Å². The van der Waals surface area contributed by atoms with E-state index in [0.29, 0.717) is 0 Å². The van der Waals surface area contributed by atoms with E-state index in [1.165, 1.54) is 55.6 Å². The monoisotopic (exact) mass is 1990 g/mol. The zero-order valence-corrected chi connectivity index (χ0v) is 62.2. The maximum atomic E-state index is 4.72. The molecule has 0 unspecified atom stereocenters. The minimum absolute atomic E-state index is 0. The Morgan fingerprint density at radius 2 is 0.622 bits per heavy atom. The molecular weight excluding hydrogens is 1930 g/mol. The quantitative estimate of drug-likeness (QED) is 0.113. The average molecular weight is 1990 g/mol. The van der Waals surface area contributed by atoms with E-state index in [9.17, 15) is 0 Å². The number of hydrogen-bond acceptors (Lipinski definition) is 6. The summed E-state index contributed by atoms with van der Waals surface area (Å²) in [6.45, 7) is 4.17. The summed E-state index contributed by atoms with van der Waals surface area (Å²) in [5.41, 5.74) is 23.9. The van der Waals surface area contributed by atoms with Crippen LogP contribution in [-0.2, 0) is 84.3 Å². The van der Waals surface area contributed by atoms with Gasteiger partial charge in [0, 0.05) is 34.1 Å². The van der Waals surface area contributed by atoms with Gasteiger partial charge >= 0.3 is 84.3 Å². The summed E-state index contributed by atoms with van der Waals surface area (Å²) in [4.78, 5) is 1.60. The van der Waals surface area contributed by atoms with Gasteiger partial charge in [-0.25, -0.2) is 4.68 Å². The normalized spacial score (nSPS) is 10.2. The molecule has 4 aromatic heterocycles. The largest absolute Gasteiger partial charge is 2.00 e. The first-order valence-corrected chi connectivity index (χ1v) is 30.9. The van der Waals surface area contributed by atoms with Crippen LogP contribution in [0.3, 0.4) is 0 Å². The summed E-state index contributed by atoms with van der Waals surface area (Å²) < 4.78 is 5.55. The molecule has 0 spiro atoms. The van der Waals surface area contributed by atoms with Crippen molar-refractivity contribution in [3.05, 3.63) is 376 Å². The van der Waals surface area contributed by atoms with Crippen molar-refractivity contribution in [1.82, 2.24) is 49.5 Å². The van der Waals surface area contributed by atoms with Gasteiger partial charge in [0.1, 0.15) is 11.4 Å². The molecule has 0 aliphatic carbocycles. The molecule has 14 heteroatoms. The molecule has 10 nitrogen and oxygen atoms in total. The fourth-order valence-corrected chi connectivity index (χ4v) is 10.9. The van der Waals surface area contributed by atoms with Crippen LogP contribution in [0.1, 0.15) is 11.4 Å². The van der Waals surface area contributed by atoms with Gasteiger partial charge in [-0.15, -0.1) is 29.4 Å². The van der Waals surface area contributed by atoms with Crippen LogP contribution in [0.2, 0.25) is 0 Å². The molecule has 0 N–H and O–H groups in total. The molecule has 0 aliphatic heterocycles. The van der Waals surface area contributed by atoms with E-state index in [1.807, 2.05) is 174 Å². The minimum Gasteiger partial charge on any atom is -0.265 e. The van der Waals surface area contributed by atoms with Crippen molar-refractivity contribution in [3.8, 4) is 112 Å². The van der Waals surface area contributed by atoms with Gasteiger partial charge in [0.05, 0.1) is 24.3 Å². The van der Waals surface area contributed by atoms with Gasteiger partial charge in [0.15, 0.2) is 0 Å². The number of benzene rings is 12. The summed E-state index contributed by atoms with van der Waals surface area (Å²) >= 11 is 0. The summed E-state index contributed by atoms with van der Waals surface area (Å²) in [5.74, 6) is 0. The molecule has 98 heavy (non-hydrogen) atoms. The smallest absolute Gasteiger partial charge is 0.265 e. The first kappa shape index (κ1) is 72.4. The maximum Gasteiger partial charge on any atom is 2.00 e. The van der Waals surface area contributed by atoms with Crippen molar-refractivity contribution in [2.24, 2.45) is 0 Å². The van der Waals surface area contributed by atoms with E-state index in [4.69, 9.17) is 5.10 Å². The van der Waals surface area contributed by atoms with Gasteiger partial charge in [-0.1, -0.05) is 224 Å². The van der Waals surface area contributed by atoms with Crippen LogP contribution in [0.15, 0.2) is 340 Å². The molecule has 484 valence electrons. The second kappa shape index (κ2) is 35.9. The van der Waals surface area contributed by atoms with Crippen LogP contribution >= 0.6 is 0 Å². The Labute approximate surface area is 629 Å². The Morgan fingerprint density at radius 1 is 0.276 bits per heavy atom. The molecule has 0 saturated carbocycles. The number of aromatic nitrogens is 10. The summed E-state index contributed by atoms with van der Waals surface area (Å²) in [5, 5.41) is 26.4. The zero-order chi connectivity index (χ0) is 63.7. The fourth-order valence-electron chi connectivity index (χ4n) is 10.9. The molecule has 0 bridgehead atoms. The Morgan fingerprint density at radius 3 is 1.04 bits per heavy atom. The molecule has 12 aromatic carbocycles. The number of nitrogens with zero attached hydrogens (tertiary/aromatic N) is 10. The molecule has 0 saturated heterocycles. The van der Waals surface area contributed by atoms with Gasteiger partial charge in [-0.3, -0.25) is 9.36 Å². The van der Waals surface area contributed by atoms with E-state index in [-0.39, 0.29) is 84.3 Å². The summed E-state index contributed by atoms with van der Waals surface area (Å²) in [7, 11) is 0. The molecule has 4 heterocycles. The topological polar surface area (TPSA) is 97.1 Å². The van der Waals surface area contributed by atoms with Crippen LogP contribution in [0.5, 0.6) is 0 Å². The van der Waals surface area contributed by atoms with Crippen molar-refractivity contribution in [2.75, 3.05) is 0 Å². The Kier molecular flexibility index (Phi) is 26.5. The van der Waals surface area contributed by atoms with E-state index in [1.54, 1.807) is 15.7 Å². The SMILES string of the molecule is Cc1nn(-c2[c-]cccc2)c(C)c1-c1ccc(-c2ccccc2)cc1.[Pt+2].[Pt+2].[Pt+2].[Pt+2].[c-]1ccccc1-n1cc(-c2ccc(-c3ccccc3)cc2)cn1.[c-]1ccccc1-n1cc(-c2ccc(-c3ccccc3)cc2)nn1.[c-]1ccccc1-n1ncc(-c2ccc(-c3ccccc3)cc2)n1. The number of aryl methyl sites for hydroxylation is 1. The van der Waals surface area contributed by atoms with Crippen molar-refractivity contribution >= 4 is 0 Å². The van der Waals surface area contributed by atoms with E-state index in [0.717, 1.165) is 67.8 Å².